The number of nitrogens with two attached hydrogens (primary N) is 1. The normalized spacial score (nSPS) is 12.1. The van der Waals surface area contributed by atoms with E-state index in [0.717, 1.165) is 4.57 Å². The third-order valence-electron chi connectivity index (χ3n) is 4.26. The molecule has 0 bridgehead atoms. The Bertz CT molecular complexity index is 1240. The molecule has 0 fully saturated rings. The third-order valence-corrected chi connectivity index (χ3v) is 4.26. The predicted octanol–water partition coefficient (Wildman–Crippen LogP) is 1.91. The molecular weight excluding hydrogens is 362 g/mol. The van der Waals surface area contributed by atoms with Crippen LogP contribution < -0.4 is 11.3 Å². The number of aromatic nitrogens is 2. The number of esters is 1. The zero-order chi connectivity index (χ0) is 19.7. The van der Waals surface area contributed by atoms with Crippen molar-refractivity contribution in [2.45, 2.75) is 12.6 Å². The van der Waals surface area contributed by atoms with Gasteiger partial charge in [-0.15, -0.1) is 0 Å². The smallest absolute Gasteiger partial charge is 0.327 e. The number of carbonyl (C=O) groups excluding carboxylic acids is 2. The van der Waals surface area contributed by atoms with Gasteiger partial charge in [-0.3, -0.25) is 19.0 Å². The van der Waals surface area contributed by atoms with E-state index in [9.17, 15) is 14.4 Å². The minimum Gasteiger partial charge on any atom is -0.448 e. The number of carbonyl (C=O) groups is 2. The van der Waals surface area contributed by atoms with Crippen molar-refractivity contribution in [2.75, 3.05) is 0 Å². The van der Waals surface area contributed by atoms with E-state index in [2.05, 4.69) is 4.98 Å². The van der Waals surface area contributed by atoms with Crippen LogP contribution in [-0.2, 0) is 20.9 Å². The van der Waals surface area contributed by atoms with E-state index in [1.54, 1.807) is 48.5 Å². The topological polar surface area (TPSA) is 117 Å². The van der Waals surface area contributed by atoms with Gasteiger partial charge in [0.2, 0.25) is 11.7 Å². The third kappa shape index (κ3) is 3.11. The molecule has 28 heavy (non-hydrogen) atoms. The maximum atomic E-state index is 12.7. The maximum absolute atomic E-state index is 12.7. The Morgan fingerprint density at radius 3 is 2.57 bits per heavy atom. The van der Waals surface area contributed by atoms with E-state index in [4.69, 9.17) is 14.9 Å². The molecule has 0 radical (unpaired) electrons. The van der Waals surface area contributed by atoms with Crippen molar-refractivity contribution in [2.24, 2.45) is 5.73 Å². The number of para-hydroxylation sites is 1. The molecule has 2 heterocycles. The van der Waals surface area contributed by atoms with E-state index in [1.165, 1.54) is 6.33 Å². The second-order valence-electron chi connectivity index (χ2n) is 6.14. The molecule has 4 rings (SSSR count). The second kappa shape index (κ2) is 6.99. The lowest BCUT2D eigenvalue weighted by molar-refractivity contribution is -0.156. The fraction of sp³-hybridized carbons (Fsp3) is 0.100. The number of nitrogens with zero attached hydrogens (tertiary/aromatic N) is 2. The van der Waals surface area contributed by atoms with E-state index < -0.39 is 30.1 Å². The highest BCUT2D eigenvalue weighted by Gasteiger charge is 2.23. The fourth-order valence-electron chi connectivity index (χ4n) is 2.95. The van der Waals surface area contributed by atoms with E-state index in [0.29, 0.717) is 22.0 Å². The van der Waals surface area contributed by atoms with Crippen LogP contribution in [0.25, 0.3) is 22.1 Å². The van der Waals surface area contributed by atoms with E-state index >= 15 is 0 Å². The van der Waals surface area contributed by atoms with Gasteiger partial charge in [0.15, 0.2) is 0 Å². The molecule has 0 aliphatic rings. The number of amides is 1. The van der Waals surface area contributed by atoms with Gasteiger partial charge in [-0.2, -0.15) is 0 Å². The highest BCUT2D eigenvalue weighted by molar-refractivity contribution is 6.01. The van der Waals surface area contributed by atoms with Crippen molar-refractivity contribution in [3.8, 4) is 0 Å². The van der Waals surface area contributed by atoms with Crippen molar-refractivity contribution in [3.05, 3.63) is 76.8 Å². The molecule has 0 aliphatic carbocycles. The Labute approximate surface area is 158 Å². The first-order valence-corrected chi connectivity index (χ1v) is 8.45. The fourth-order valence-corrected chi connectivity index (χ4v) is 2.95. The van der Waals surface area contributed by atoms with Crippen LogP contribution in [0.2, 0.25) is 0 Å². The minimum absolute atomic E-state index is 0.0472. The van der Waals surface area contributed by atoms with Gasteiger partial charge in [0.25, 0.3) is 11.5 Å². The number of primary amides is 1. The first kappa shape index (κ1) is 17.5. The molecule has 0 saturated carbocycles. The first-order valence-electron chi connectivity index (χ1n) is 8.45. The maximum Gasteiger partial charge on any atom is 0.327 e. The number of rotatable bonds is 5. The summed E-state index contributed by atoms with van der Waals surface area (Å²) in [6.07, 6.45) is 0.00246. The molecule has 0 aliphatic heterocycles. The Kier molecular flexibility index (Phi) is 4.36. The van der Waals surface area contributed by atoms with E-state index in [-0.39, 0.29) is 5.58 Å². The van der Waals surface area contributed by atoms with Crippen LogP contribution >= 0.6 is 0 Å². The molecule has 4 aromatic rings. The standard InChI is InChI=1S/C20H15N3O5/c21-19(25)17(12-6-2-1-3-7-12)28-15(24)10-23-11-22-16-13-8-4-5-9-14(13)27-18(16)20(23)26/h1-9,11,17H,10H2,(H2,21,25). The number of hydrogen-bond donors (Lipinski definition) is 1. The van der Waals surface area contributed by atoms with Gasteiger partial charge in [-0.1, -0.05) is 42.5 Å². The monoisotopic (exact) mass is 377 g/mol. The number of furan rings is 1. The summed E-state index contributed by atoms with van der Waals surface area (Å²) in [5.74, 6) is -1.61. The highest BCUT2D eigenvalue weighted by atomic mass is 16.5. The Morgan fingerprint density at radius 2 is 1.82 bits per heavy atom. The van der Waals surface area contributed by atoms with Crippen molar-refractivity contribution >= 4 is 33.9 Å². The quantitative estimate of drug-likeness (QED) is 0.531. The second-order valence-corrected chi connectivity index (χ2v) is 6.14. The van der Waals surface area contributed by atoms with Gasteiger partial charge in [0.05, 0.1) is 6.33 Å². The minimum atomic E-state index is -1.24. The summed E-state index contributed by atoms with van der Waals surface area (Å²) >= 11 is 0. The molecule has 1 amide bonds. The molecule has 8 nitrogen and oxygen atoms in total. The molecule has 2 aromatic carbocycles. The molecule has 140 valence electrons. The largest absolute Gasteiger partial charge is 0.448 e. The number of benzene rings is 2. The van der Waals surface area contributed by atoms with Crippen LogP contribution in [0.1, 0.15) is 11.7 Å². The average Bonchev–Trinajstić information content (AvgIpc) is 3.08. The average molecular weight is 377 g/mol. The van der Waals surface area contributed by atoms with Crippen molar-refractivity contribution in [1.29, 1.82) is 0 Å². The van der Waals surface area contributed by atoms with Gasteiger partial charge >= 0.3 is 5.97 Å². The molecule has 1 unspecified atom stereocenters. The Hall–Kier alpha value is -3.94. The number of fused-ring (bicyclic) bond motifs is 3. The summed E-state index contributed by atoms with van der Waals surface area (Å²) in [5.41, 5.74) is 6.27. The molecule has 0 saturated heterocycles. The summed E-state index contributed by atoms with van der Waals surface area (Å²) in [6, 6.07) is 15.5. The van der Waals surface area contributed by atoms with Gasteiger partial charge in [-0.05, 0) is 12.1 Å². The first-order chi connectivity index (χ1) is 13.5. The molecular formula is C20H15N3O5. The van der Waals surface area contributed by atoms with Gasteiger partial charge < -0.3 is 14.9 Å². The Balaban J connectivity index is 1.61. The van der Waals surface area contributed by atoms with Crippen LogP contribution in [0.3, 0.4) is 0 Å². The molecule has 2 aromatic heterocycles. The highest BCUT2D eigenvalue weighted by Crippen LogP contribution is 2.24. The molecule has 8 heteroatoms. The molecule has 0 spiro atoms. The lowest BCUT2D eigenvalue weighted by Crippen LogP contribution is -2.30. The van der Waals surface area contributed by atoms with E-state index in [1.807, 2.05) is 6.07 Å². The molecule has 1 atom stereocenters. The summed E-state index contributed by atoms with van der Waals surface area (Å²) in [4.78, 5) is 40.9. The zero-order valence-corrected chi connectivity index (χ0v) is 14.6. The van der Waals surface area contributed by atoms with Gasteiger partial charge in [0, 0.05) is 10.9 Å². The van der Waals surface area contributed by atoms with Crippen molar-refractivity contribution < 1.29 is 18.7 Å². The van der Waals surface area contributed by atoms with Crippen LogP contribution in [-0.4, -0.2) is 21.4 Å². The lowest BCUT2D eigenvalue weighted by atomic mass is 10.1. The van der Waals surface area contributed by atoms with Crippen LogP contribution in [0.5, 0.6) is 0 Å². The summed E-state index contributed by atoms with van der Waals surface area (Å²) < 4.78 is 11.8. The van der Waals surface area contributed by atoms with Gasteiger partial charge in [0.1, 0.15) is 17.6 Å². The van der Waals surface area contributed by atoms with Crippen molar-refractivity contribution in [3.63, 3.8) is 0 Å². The predicted molar refractivity (Wildman–Crippen MR) is 100 cm³/mol. The summed E-state index contributed by atoms with van der Waals surface area (Å²) in [6.45, 7) is -0.435. The van der Waals surface area contributed by atoms with Crippen LogP contribution in [0.15, 0.2) is 70.1 Å². The number of ether oxygens (including phenoxy) is 1. The van der Waals surface area contributed by atoms with Crippen LogP contribution in [0, 0.1) is 0 Å². The number of hydrogen-bond acceptors (Lipinski definition) is 6. The molecule has 2 N–H and O–H groups in total. The summed E-state index contributed by atoms with van der Waals surface area (Å²) in [7, 11) is 0. The van der Waals surface area contributed by atoms with Gasteiger partial charge in [-0.25, -0.2) is 4.98 Å². The van der Waals surface area contributed by atoms with Crippen molar-refractivity contribution in [1.82, 2.24) is 9.55 Å². The zero-order valence-electron chi connectivity index (χ0n) is 14.6. The summed E-state index contributed by atoms with van der Waals surface area (Å²) in [5, 5.41) is 0.710. The lowest BCUT2D eigenvalue weighted by Gasteiger charge is -2.15. The SMILES string of the molecule is NC(=O)C(OC(=O)Cn1cnc2c(oc3ccccc32)c1=O)c1ccccc1. The van der Waals surface area contributed by atoms with Crippen LogP contribution in [0.4, 0.5) is 0 Å². The Morgan fingerprint density at radius 1 is 1.11 bits per heavy atom.